The second-order valence-corrected chi connectivity index (χ2v) is 21.2. The minimum Gasteiger partial charge on any atom is -0.445 e. The van der Waals surface area contributed by atoms with Gasteiger partial charge in [0.2, 0.25) is 29.5 Å². The molecule has 9 amide bonds. The van der Waals surface area contributed by atoms with E-state index in [2.05, 4.69) is 58.4 Å². The third-order valence-electron chi connectivity index (χ3n) is 12.3. The van der Waals surface area contributed by atoms with Crippen molar-refractivity contribution in [3.05, 3.63) is 141 Å². The van der Waals surface area contributed by atoms with Gasteiger partial charge in [0.15, 0.2) is 0 Å². The number of rotatable bonds is 25. The Bertz CT molecular complexity index is 2960. The van der Waals surface area contributed by atoms with Crippen LogP contribution in [-0.2, 0) is 48.3 Å². The molecule has 8 N–H and O–H groups in total. The number of aryl methyl sites for hydroxylation is 1. The van der Waals surface area contributed by atoms with Gasteiger partial charge in [0.05, 0.1) is 29.2 Å². The van der Waals surface area contributed by atoms with Gasteiger partial charge in [0.1, 0.15) is 18.5 Å². The number of amides is 9. The largest absolute Gasteiger partial charge is 0.445 e. The summed E-state index contributed by atoms with van der Waals surface area (Å²) in [6.07, 6.45) is 3.63. The van der Waals surface area contributed by atoms with E-state index in [1.165, 1.54) is 4.90 Å². The molecule has 0 bridgehead atoms. The minimum atomic E-state index is -0.834. The van der Waals surface area contributed by atoms with E-state index in [-0.39, 0.29) is 61.1 Å². The monoisotopic (exact) mass is 1150 g/mol. The quantitative estimate of drug-likeness (QED) is 0.0164. The third-order valence-corrected chi connectivity index (χ3v) is 13.0. The number of unbranched alkanes of at least 4 members (excludes halogenated alkanes) is 2. The number of carbonyl (C=O) groups excluding carboxylic acids is 8. The van der Waals surface area contributed by atoms with Crippen LogP contribution >= 0.6 is 24.2 Å². The van der Waals surface area contributed by atoms with E-state index in [1.54, 1.807) is 73.0 Å². The van der Waals surface area contributed by atoms with Crippen molar-refractivity contribution < 1.29 is 43.1 Å². The summed E-state index contributed by atoms with van der Waals surface area (Å²) in [5, 5.41) is 16.5. The first-order valence-corrected chi connectivity index (χ1v) is 28.0. The van der Waals surface area contributed by atoms with Gasteiger partial charge < -0.3 is 42.4 Å². The van der Waals surface area contributed by atoms with Gasteiger partial charge in [-0.1, -0.05) is 113 Å². The molecule has 2 atom stereocenters. The number of imide groups is 1. The molecule has 22 heteroatoms. The van der Waals surface area contributed by atoms with Gasteiger partial charge in [0, 0.05) is 61.7 Å². The maximum absolute atomic E-state index is 12.9. The van der Waals surface area contributed by atoms with Crippen molar-refractivity contribution in [2.75, 3.05) is 38.0 Å². The lowest BCUT2D eigenvalue weighted by Gasteiger charge is -2.21. The number of anilines is 1. The van der Waals surface area contributed by atoms with Crippen LogP contribution in [0.1, 0.15) is 112 Å². The summed E-state index contributed by atoms with van der Waals surface area (Å²) < 4.78 is 7.01. The van der Waals surface area contributed by atoms with Crippen LogP contribution in [0.2, 0.25) is 5.02 Å². The average molecular weight is 1150 g/mol. The molecular weight excluding hydrogens is 1080 g/mol. The predicted octanol–water partition coefficient (Wildman–Crippen LogP) is 7.22. The standard InChI is InChI=1S/C36H48N6O8S.C19H19ClN2O.C4H10N2O/c1-23(2)32(41-29(43)8-5-4-6-19-42-31(45)20-28(51)35(42)48)34(47)39-21-30(44)40-27-15-11-25(12-16-27)22-50-36(49)38-18-7-17-37-33(46)26-13-9-24(3)10-14-26;1-13(2)10-18-21-17-11-15(20)8-9-16(17)19(23)22(18)12-14-6-4-3-5-7-14;1-2-3-6-4(5)7/h9-16,23,28,32,51H,4-8,17-22H2,1-3H3,(H,37,46)(H,38,49)(H,39,47)(H,40,44)(H,41,43);3-9,11,13H,10,12H2,1-2H3;2-3H2,1H3,(H3,5,6,7). The number of nitrogens with one attached hydrogen (secondary N) is 6. The molecule has 1 fully saturated rings. The van der Waals surface area contributed by atoms with Gasteiger partial charge in [-0.15, -0.1) is 0 Å². The lowest BCUT2D eigenvalue weighted by atomic mass is 10.0. The molecule has 1 aromatic heterocycles. The van der Waals surface area contributed by atoms with Crippen molar-refractivity contribution in [3.8, 4) is 0 Å². The summed E-state index contributed by atoms with van der Waals surface area (Å²) in [4.78, 5) is 114. The van der Waals surface area contributed by atoms with E-state index in [4.69, 9.17) is 27.1 Å². The summed E-state index contributed by atoms with van der Waals surface area (Å²) in [5.74, 6) is -0.949. The average Bonchev–Trinajstić information content (AvgIpc) is 3.89. The zero-order chi connectivity index (χ0) is 59.4. The zero-order valence-electron chi connectivity index (χ0n) is 47.0. The lowest BCUT2D eigenvalue weighted by Crippen LogP contribution is -2.51. The topological polar surface area (TPSA) is 282 Å². The lowest BCUT2D eigenvalue weighted by molar-refractivity contribution is -0.138. The molecule has 81 heavy (non-hydrogen) atoms. The van der Waals surface area contributed by atoms with E-state index in [9.17, 15) is 43.2 Å². The fourth-order valence-corrected chi connectivity index (χ4v) is 8.47. The molecule has 5 aromatic rings. The number of aromatic nitrogens is 2. The molecule has 0 aliphatic carbocycles. The normalized spacial score (nSPS) is 13.1. The highest BCUT2D eigenvalue weighted by Crippen LogP contribution is 2.20. The van der Waals surface area contributed by atoms with Crippen LogP contribution in [0.15, 0.2) is 102 Å². The molecule has 20 nitrogen and oxygen atoms in total. The molecule has 0 radical (unpaired) electrons. The zero-order valence-corrected chi connectivity index (χ0v) is 48.6. The number of fused-ring (bicyclic) bond motifs is 1. The smallest absolute Gasteiger partial charge is 0.407 e. The predicted molar refractivity (Wildman–Crippen MR) is 317 cm³/mol. The van der Waals surface area contributed by atoms with Crippen LogP contribution in [0.25, 0.3) is 10.9 Å². The van der Waals surface area contributed by atoms with Crippen LogP contribution in [0, 0.1) is 18.8 Å². The van der Waals surface area contributed by atoms with E-state index < -0.39 is 35.2 Å². The molecule has 1 aliphatic heterocycles. The van der Waals surface area contributed by atoms with Gasteiger partial charge in [-0.2, -0.15) is 12.6 Å². The molecule has 6 rings (SSSR count). The van der Waals surface area contributed by atoms with Crippen molar-refractivity contribution in [1.29, 1.82) is 0 Å². The highest BCUT2D eigenvalue weighted by molar-refractivity contribution is 7.81. The first-order valence-electron chi connectivity index (χ1n) is 27.1. The second kappa shape index (κ2) is 34.4. The number of benzene rings is 4. The number of carbonyl (C=O) groups is 8. The summed E-state index contributed by atoms with van der Waals surface area (Å²) >= 11 is 10.2. The Morgan fingerprint density at radius 1 is 0.790 bits per heavy atom. The van der Waals surface area contributed by atoms with Crippen molar-refractivity contribution in [2.45, 2.75) is 117 Å². The number of urea groups is 1. The number of nitrogens with two attached hydrogens (primary N) is 1. The summed E-state index contributed by atoms with van der Waals surface area (Å²) in [7, 11) is 0. The number of hydrogen-bond donors (Lipinski definition) is 8. The van der Waals surface area contributed by atoms with E-state index >= 15 is 0 Å². The number of thiol groups is 1. The fraction of sp³-hybridized carbons (Fsp3) is 0.424. The van der Waals surface area contributed by atoms with Crippen molar-refractivity contribution >= 4 is 88.4 Å². The Hall–Kier alpha value is -7.78. The number of hydrogen-bond acceptors (Lipinski definition) is 12. The van der Waals surface area contributed by atoms with Gasteiger partial charge in [0.25, 0.3) is 11.5 Å². The summed E-state index contributed by atoms with van der Waals surface area (Å²) in [6, 6.07) is 27.9. The molecule has 436 valence electrons. The Morgan fingerprint density at radius 3 is 2.10 bits per heavy atom. The maximum atomic E-state index is 12.9. The van der Waals surface area contributed by atoms with Gasteiger partial charge in [-0.25, -0.2) is 14.6 Å². The number of primary amides is 1. The number of halogens is 1. The van der Waals surface area contributed by atoms with Crippen LogP contribution in [0.3, 0.4) is 0 Å². The van der Waals surface area contributed by atoms with Crippen molar-refractivity contribution in [3.63, 3.8) is 0 Å². The first kappa shape index (κ1) is 65.7. The molecule has 2 unspecified atom stereocenters. The number of alkyl carbamates (subject to hydrolysis) is 1. The van der Waals surface area contributed by atoms with E-state index in [0.29, 0.717) is 97.1 Å². The molecule has 1 saturated heterocycles. The molecule has 2 heterocycles. The maximum Gasteiger partial charge on any atom is 0.407 e. The SMILES string of the molecule is CC(C)Cc1nc2cc(Cl)ccc2c(=O)n1Cc1ccccc1.CCCNC(N)=O.Cc1ccc(C(=O)NCCCNC(=O)OCc2ccc(NC(=O)CNC(=O)C(NC(=O)CCCCCN3C(=O)CC(S)C3=O)C(C)C)cc2)cc1. The van der Waals surface area contributed by atoms with Gasteiger partial charge in [-0.3, -0.25) is 43.0 Å². The molecule has 1 aliphatic rings. The van der Waals surface area contributed by atoms with Crippen LogP contribution < -0.4 is 43.2 Å². The summed E-state index contributed by atoms with van der Waals surface area (Å²) in [6.45, 7) is 13.7. The number of ether oxygens (including phenoxy) is 1. The fourth-order valence-electron chi connectivity index (χ4n) is 8.01. The third kappa shape index (κ3) is 23.5. The molecule has 4 aromatic carbocycles. The Labute approximate surface area is 483 Å². The molecule has 0 spiro atoms. The van der Waals surface area contributed by atoms with E-state index in [0.717, 1.165) is 29.8 Å². The highest BCUT2D eigenvalue weighted by atomic mass is 35.5. The second-order valence-electron chi connectivity index (χ2n) is 20.1. The molecular formula is C59H77ClN10O10S. The van der Waals surface area contributed by atoms with Crippen LogP contribution in [-0.4, -0.2) is 106 Å². The minimum absolute atomic E-state index is 0.00818. The van der Waals surface area contributed by atoms with Crippen LogP contribution in [0.5, 0.6) is 0 Å². The van der Waals surface area contributed by atoms with Crippen molar-refractivity contribution in [2.24, 2.45) is 17.6 Å². The van der Waals surface area contributed by atoms with Crippen molar-refractivity contribution in [1.82, 2.24) is 41.0 Å². The van der Waals surface area contributed by atoms with E-state index in [1.807, 2.05) is 56.3 Å². The summed E-state index contributed by atoms with van der Waals surface area (Å²) in [5.41, 5.74) is 9.30. The van der Waals surface area contributed by atoms with Gasteiger partial charge >= 0.3 is 12.1 Å². The van der Waals surface area contributed by atoms with Crippen LogP contribution in [0.4, 0.5) is 15.3 Å². The Balaban J connectivity index is 0.000000383. The van der Waals surface area contributed by atoms with Gasteiger partial charge in [-0.05, 0) is 98.0 Å². The number of likely N-dealkylation sites (tertiary alicyclic amines) is 1. The Morgan fingerprint density at radius 2 is 1.48 bits per heavy atom. The highest BCUT2D eigenvalue weighted by Gasteiger charge is 2.35. The Kier molecular flexibility index (Phi) is 27.9. The first-order chi connectivity index (χ1) is 38.6. The number of nitrogens with zero attached hydrogens (tertiary/aromatic N) is 3. The molecule has 0 saturated carbocycles.